The summed E-state index contributed by atoms with van der Waals surface area (Å²) in [5.41, 5.74) is 3.33. The Hall–Kier alpha value is -0.820. The van der Waals surface area contributed by atoms with Gasteiger partial charge in [0.1, 0.15) is 0 Å². The molecule has 3 aliphatic rings. The highest BCUT2D eigenvalue weighted by atomic mass is 14.9. The Morgan fingerprint density at radius 2 is 1.90 bits per heavy atom. The molecule has 114 valence electrons. The molecule has 0 aromatic heterocycles. The van der Waals surface area contributed by atoms with Crippen LogP contribution in [0.15, 0.2) is 24.3 Å². The van der Waals surface area contributed by atoms with Gasteiger partial charge in [-0.3, -0.25) is 0 Å². The molecular weight excluding hydrogens is 254 g/mol. The van der Waals surface area contributed by atoms with Crippen LogP contribution in [-0.2, 0) is 6.42 Å². The van der Waals surface area contributed by atoms with Gasteiger partial charge in [-0.05, 0) is 67.0 Å². The van der Waals surface area contributed by atoms with Crippen LogP contribution in [0.25, 0.3) is 0 Å². The van der Waals surface area contributed by atoms with E-state index in [0.29, 0.717) is 0 Å². The average molecular weight is 283 g/mol. The van der Waals surface area contributed by atoms with E-state index in [1.165, 1.54) is 44.9 Å². The first-order chi connectivity index (χ1) is 10.4. The largest absolute Gasteiger partial charge is 0.314 e. The predicted molar refractivity (Wildman–Crippen MR) is 88.5 cm³/mol. The van der Waals surface area contributed by atoms with Gasteiger partial charge >= 0.3 is 0 Å². The minimum absolute atomic E-state index is 0.788. The maximum absolute atomic E-state index is 3.90. The molecule has 2 saturated carbocycles. The maximum atomic E-state index is 3.90. The summed E-state index contributed by atoms with van der Waals surface area (Å²) in [6, 6.07) is 10.0. The Labute approximate surface area is 129 Å². The molecule has 0 aliphatic heterocycles. The summed E-state index contributed by atoms with van der Waals surface area (Å²) < 4.78 is 0. The molecule has 4 rings (SSSR count). The molecule has 1 aromatic rings. The number of fused-ring (bicyclic) bond motifs is 3. The van der Waals surface area contributed by atoms with Gasteiger partial charge in [0.2, 0.25) is 0 Å². The van der Waals surface area contributed by atoms with Crippen molar-refractivity contribution in [2.45, 2.75) is 63.8 Å². The first kappa shape index (κ1) is 13.8. The SMILES string of the molecule is CCNC(C1CCCCC1)C1C2CCc3ccccc3C21. The van der Waals surface area contributed by atoms with E-state index in [4.69, 9.17) is 0 Å². The Morgan fingerprint density at radius 3 is 2.71 bits per heavy atom. The molecule has 0 spiro atoms. The molecule has 0 bridgehead atoms. The van der Waals surface area contributed by atoms with Crippen molar-refractivity contribution in [1.82, 2.24) is 5.32 Å². The zero-order valence-corrected chi connectivity index (χ0v) is 13.4. The number of hydrogen-bond acceptors (Lipinski definition) is 1. The van der Waals surface area contributed by atoms with Crippen molar-refractivity contribution in [2.24, 2.45) is 17.8 Å². The van der Waals surface area contributed by atoms with E-state index < -0.39 is 0 Å². The van der Waals surface area contributed by atoms with Crippen LogP contribution >= 0.6 is 0 Å². The summed E-state index contributed by atoms with van der Waals surface area (Å²) >= 11 is 0. The number of benzene rings is 1. The second kappa shape index (κ2) is 5.76. The highest BCUT2D eigenvalue weighted by molar-refractivity contribution is 5.40. The van der Waals surface area contributed by atoms with Crippen LogP contribution in [-0.4, -0.2) is 12.6 Å². The monoisotopic (exact) mass is 283 g/mol. The first-order valence-electron chi connectivity index (χ1n) is 9.21. The molecule has 0 amide bonds. The van der Waals surface area contributed by atoms with Gasteiger partial charge < -0.3 is 5.32 Å². The van der Waals surface area contributed by atoms with Crippen LogP contribution in [0.2, 0.25) is 0 Å². The topological polar surface area (TPSA) is 12.0 Å². The lowest BCUT2D eigenvalue weighted by Gasteiger charge is -2.31. The van der Waals surface area contributed by atoms with Gasteiger partial charge in [0.25, 0.3) is 0 Å². The standard InChI is InChI=1S/C20H29N/c1-2-21-20(15-9-4-3-5-10-15)19-17-13-12-14-8-6-7-11-16(14)18(17)19/h6-8,11,15,17-21H,2-5,9-10,12-13H2,1H3. The van der Waals surface area contributed by atoms with Gasteiger partial charge in [-0.1, -0.05) is 50.5 Å². The van der Waals surface area contributed by atoms with Crippen molar-refractivity contribution in [3.63, 3.8) is 0 Å². The normalized spacial score (nSPS) is 33.1. The Morgan fingerprint density at radius 1 is 1.10 bits per heavy atom. The van der Waals surface area contributed by atoms with Gasteiger partial charge in [0.15, 0.2) is 0 Å². The van der Waals surface area contributed by atoms with E-state index in [1.807, 2.05) is 0 Å². The van der Waals surface area contributed by atoms with Crippen molar-refractivity contribution in [3.8, 4) is 0 Å². The molecule has 2 fully saturated rings. The summed E-state index contributed by atoms with van der Waals surface area (Å²) in [4.78, 5) is 0. The fourth-order valence-corrected chi connectivity index (χ4v) is 5.46. The summed E-state index contributed by atoms with van der Waals surface area (Å²) in [5, 5.41) is 3.90. The minimum Gasteiger partial charge on any atom is -0.314 e. The second-order valence-electron chi connectivity index (χ2n) is 7.49. The van der Waals surface area contributed by atoms with E-state index in [-0.39, 0.29) is 0 Å². The third-order valence-electron chi connectivity index (χ3n) is 6.40. The molecule has 0 radical (unpaired) electrons. The van der Waals surface area contributed by atoms with Crippen molar-refractivity contribution < 1.29 is 0 Å². The van der Waals surface area contributed by atoms with Gasteiger partial charge in [-0.15, -0.1) is 0 Å². The number of nitrogens with one attached hydrogen (secondary N) is 1. The van der Waals surface area contributed by atoms with Crippen LogP contribution < -0.4 is 5.32 Å². The molecule has 3 aliphatic carbocycles. The fraction of sp³-hybridized carbons (Fsp3) is 0.700. The molecule has 4 unspecified atom stereocenters. The molecule has 1 nitrogen and oxygen atoms in total. The number of rotatable bonds is 4. The summed E-state index contributed by atoms with van der Waals surface area (Å²) in [7, 11) is 0. The Balaban J connectivity index is 1.55. The fourth-order valence-electron chi connectivity index (χ4n) is 5.46. The molecule has 21 heavy (non-hydrogen) atoms. The van der Waals surface area contributed by atoms with Crippen LogP contribution in [0.1, 0.15) is 62.5 Å². The molecule has 1 N–H and O–H groups in total. The summed E-state index contributed by atoms with van der Waals surface area (Å²) in [6.45, 7) is 3.43. The van der Waals surface area contributed by atoms with Crippen molar-refractivity contribution in [1.29, 1.82) is 0 Å². The van der Waals surface area contributed by atoms with Crippen LogP contribution in [0.4, 0.5) is 0 Å². The lowest BCUT2D eigenvalue weighted by molar-refractivity contribution is 0.242. The zero-order chi connectivity index (χ0) is 14.2. The summed E-state index contributed by atoms with van der Waals surface area (Å²) in [6.07, 6.45) is 10.1. The van der Waals surface area contributed by atoms with Gasteiger partial charge in [0.05, 0.1) is 0 Å². The third kappa shape index (κ3) is 2.44. The molecule has 0 saturated heterocycles. The Kier molecular flexibility index (Phi) is 3.79. The lowest BCUT2D eigenvalue weighted by atomic mass is 9.81. The number of aryl methyl sites for hydroxylation is 1. The van der Waals surface area contributed by atoms with Crippen molar-refractivity contribution in [3.05, 3.63) is 35.4 Å². The zero-order valence-electron chi connectivity index (χ0n) is 13.4. The van der Waals surface area contributed by atoms with Gasteiger partial charge in [-0.25, -0.2) is 0 Å². The van der Waals surface area contributed by atoms with Gasteiger partial charge in [0, 0.05) is 6.04 Å². The third-order valence-corrected chi connectivity index (χ3v) is 6.40. The van der Waals surface area contributed by atoms with Crippen molar-refractivity contribution in [2.75, 3.05) is 6.54 Å². The molecule has 1 aromatic carbocycles. The highest BCUT2D eigenvalue weighted by Crippen LogP contribution is 2.62. The molecule has 1 heteroatoms. The van der Waals surface area contributed by atoms with Crippen LogP contribution in [0, 0.1) is 17.8 Å². The smallest absolute Gasteiger partial charge is 0.0132 e. The van der Waals surface area contributed by atoms with Crippen molar-refractivity contribution >= 4 is 0 Å². The molecular formula is C20H29N. The maximum Gasteiger partial charge on any atom is 0.0132 e. The van der Waals surface area contributed by atoms with Crippen LogP contribution in [0.5, 0.6) is 0 Å². The predicted octanol–water partition coefficient (Wildman–Crippen LogP) is 4.52. The molecule has 4 atom stereocenters. The average Bonchev–Trinajstić information content (AvgIpc) is 3.28. The van der Waals surface area contributed by atoms with E-state index in [2.05, 4.69) is 36.5 Å². The molecule has 0 heterocycles. The van der Waals surface area contributed by atoms with E-state index >= 15 is 0 Å². The lowest BCUT2D eigenvalue weighted by Crippen LogP contribution is -2.39. The highest BCUT2D eigenvalue weighted by Gasteiger charge is 2.57. The van der Waals surface area contributed by atoms with Gasteiger partial charge in [-0.2, -0.15) is 0 Å². The quantitative estimate of drug-likeness (QED) is 0.856. The van der Waals surface area contributed by atoms with E-state index in [0.717, 1.165) is 36.3 Å². The first-order valence-corrected chi connectivity index (χ1v) is 9.21. The minimum atomic E-state index is 0.788. The Bertz CT molecular complexity index is 488. The van der Waals surface area contributed by atoms with Crippen LogP contribution in [0.3, 0.4) is 0 Å². The second-order valence-corrected chi connectivity index (χ2v) is 7.49. The van der Waals surface area contributed by atoms with E-state index in [1.54, 1.807) is 11.1 Å². The van der Waals surface area contributed by atoms with E-state index in [9.17, 15) is 0 Å². The summed E-state index contributed by atoms with van der Waals surface area (Å²) in [5.74, 6) is 3.73. The number of hydrogen-bond donors (Lipinski definition) is 1.